The molecule has 0 saturated carbocycles. The summed E-state index contributed by atoms with van der Waals surface area (Å²) < 4.78 is 16.0. The molecule has 0 aromatic rings. The maximum Gasteiger partial charge on any atom is 0.183 e. The SMILES string of the molecule is CCCCO[C@H](C(OC)OC)[C@H](C)CO. The van der Waals surface area contributed by atoms with Crippen molar-refractivity contribution in [1.29, 1.82) is 0 Å². The Morgan fingerprint density at radius 3 is 2.20 bits per heavy atom. The van der Waals surface area contributed by atoms with Crippen LogP contribution in [0.5, 0.6) is 0 Å². The molecule has 0 fully saturated rings. The molecular weight excluding hydrogens is 196 g/mol. The quantitative estimate of drug-likeness (QED) is 0.471. The van der Waals surface area contributed by atoms with Gasteiger partial charge in [-0.1, -0.05) is 20.3 Å². The summed E-state index contributed by atoms with van der Waals surface area (Å²) in [5.74, 6) is 0.00626. The van der Waals surface area contributed by atoms with Gasteiger partial charge < -0.3 is 19.3 Å². The highest BCUT2D eigenvalue weighted by Gasteiger charge is 2.27. The number of ether oxygens (including phenoxy) is 3. The first-order chi connectivity index (χ1) is 7.21. The molecule has 0 aromatic carbocycles. The molecule has 0 aromatic heterocycles. The molecule has 0 saturated heterocycles. The fourth-order valence-corrected chi connectivity index (χ4v) is 1.34. The van der Waals surface area contributed by atoms with Crippen LogP contribution in [0.1, 0.15) is 26.7 Å². The van der Waals surface area contributed by atoms with E-state index in [-0.39, 0.29) is 18.6 Å². The Hall–Kier alpha value is -0.160. The summed E-state index contributed by atoms with van der Waals surface area (Å²) >= 11 is 0. The lowest BCUT2D eigenvalue weighted by molar-refractivity contribution is -0.198. The molecule has 0 radical (unpaired) electrons. The summed E-state index contributed by atoms with van der Waals surface area (Å²) in [5.41, 5.74) is 0. The van der Waals surface area contributed by atoms with Crippen LogP contribution >= 0.6 is 0 Å². The van der Waals surface area contributed by atoms with Crippen LogP contribution in [0.2, 0.25) is 0 Å². The fourth-order valence-electron chi connectivity index (χ4n) is 1.34. The first kappa shape index (κ1) is 14.8. The molecule has 92 valence electrons. The molecule has 4 heteroatoms. The van der Waals surface area contributed by atoms with Crippen molar-refractivity contribution in [3.63, 3.8) is 0 Å². The minimum absolute atomic E-state index is 0.00626. The Morgan fingerprint density at radius 1 is 1.20 bits per heavy atom. The third-order valence-electron chi connectivity index (χ3n) is 2.39. The largest absolute Gasteiger partial charge is 0.396 e. The van der Waals surface area contributed by atoms with Crippen LogP contribution in [0.3, 0.4) is 0 Å². The van der Waals surface area contributed by atoms with E-state index in [4.69, 9.17) is 19.3 Å². The van der Waals surface area contributed by atoms with E-state index in [1.54, 1.807) is 14.2 Å². The van der Waals surface area contributed by atoms with Gasteiger partial charge in [-0.2, -0.15) is 0 Å². The van der Waals surface area contributed by atoms with E-state index in [9.17, 15) is 0 Å². The van der Waals surface area contributed by atoms with Gasteiger partial charge in [0.05, 0.1) is 0 Å². The van der Waals surface area contributed by atoms with Gasteiger partial charge in [0.2, 0.25) is 0 Å². The lowest BCUT2D eigenvalue weighted by Gasteiger charge is -2.28. The average molecular weight is 220 g/mol. The highest BCUT2D eigenvalue weighted by Crippen LogP contribution is 2.15. The maximum absolute atomic E-state index is 9.11. The zero-order chi connectivity index (χ0) is 11.7. The molecular formula is C11H24O4. The van der Waals surface area contributed by atoms with Crippen LogP contribution < -0.4 is 0 Å². The minimum atomic E-state index is -0.413. The molecule has 1 N–H and O–H groups in total. The van der Waals surface area contributed by atoms with Gasteiger partial charge in [0.25, 0.3) is 0 Å². The molecule has 0 aliphatic rings. The number of aliphatic hydroxyl groups excluding tert-OH is 1. The van der Waals surface area contributed by atoms with Crippen molar-refractivity contribution in [2.45, 2.75) is 39.1 Å². The number of methoxy groups -OCH3 is 2. The molecule has 4 nitrogen and oxygen atoms in total. The van der Waals surface area contributed by atoms with Gasteiger partial charge in [-0.15, -0.1) is 0 Å². The molecule has 0 rings (SSSR count). The van der Waals surface area contributed by atoms with E-state index in [1.165, 1.54) is 0 Å². The zero-order valence-electron chi connectivity index (χ0n) is 10.2. The minimum Gasteiger partial charge on any atom is -0.396 e. The molecule has 15 heavy (non-hydrogen) atoms. The predicted octanol–water partition coefficient (Wildman–Crippen LogP) is 1.42. The van der Waals surface area contributed by atoms with Crippen molar-refractivity contribution in [1.82, 2.24) is 0 Å². The Kier molecular flexibility index (Phi) is 9.00. The average Bonchev–Trinajstić information content (AvgIpc) is 2.27. The number of aliphatic hydroxyl groups is 1. The second-order valence-electron chi connectivity index (χ2n) is 3.69. The van der Waals surface area contributed by atoms with E-state index in [0.29, 0.717) is 6.61 Å². The molecule has 0 aliphatic heterocycles. The van der Waals surface area contributed by atoms with Crippen molar-refractivity contribution in [2.75, 3.05) is 27.4 Å². The van der Waals surface area contributed by atoms with Gasteiger partial charge >= 0.3 is 0 Å². The van der Waals surface area contributed by atoms with Crippen LogP contribution in [-0.2, 0) is 14.2 Å². The third kappa shape index (κ3) is 5.47. The molecule has 2 atom stereocenters. The van der Waals surface area contributed by atoms with Gasteiger partial charge in [0, 0.05) is 33.4 Å². The molecule has 0 spiro atoms. The molecule has 0 aliphatic carbocycles. The first-order valence-electron chi connectivity index (χ1n) is 5.49. The lowest BCUT2D eigenvalue weighted by Crippen LogP contribution is -2.39. The number of hydrogen-bond donors (Lipinski definition) is 1. The molecule has 0 bridgehead atoms. The smallest absolute Gasteiger partial charge is 0.183 e. The van der Waals surface area contributed by atoms with E-state index in [1.807, 2.05) is 6.92 Å². The van der Waals surface area contributed by atoms with Crippen LogP contribution in [0.15, 0.2) is 0 Å². The summed E-state index contributed by atoms with van der Waals surface area (Å²) in [6.45, 7) is 4.77. The second-order valence-corrected chi connectivity index (χ2v) is 3.69. The molecule has 0 amide bonds. The number of rotatable bonds is 9. The Morgan fingerprint density at radius 2 is 1.80 bits per heavy atom. The molecule has 0 unspecified atom stereocenters. The Bertz CT molecular complexity index is 137. The first-order valence-corrected chi connectivity index (χ1v) is 5.49. The highest BCUT2D eigenvalue weighted by atomic mass is 16.7. The van der Waals surface area contributed by atoms with Crippen molar-refractivity contribution >= 4 is 0 Å². The molecule has 0 heterocycles. The monoisotopic (exact) mass is 220 g/mol. The highest BCUT2D eigenvalue weighted by molar-refractivity contribution is 4.69. The van der Waals surface area contributed by atoms with Gasteiger partial charge in [-0.25, -0.2) is 0 Å². The van der Waals surface area contributed by atoms with Gasteiger partial charge in [-0.3, -0.25) is 0 Å². The van der Waals surface area contributed by atoms with Crippen molar-refractivity contribution in [3.8, 4) is 0 Å². The Labute approximate surface area is 92.5 Å². The third-order valence-corrected chi connectivity index (χ3v) is 2.39. The normalized spacial score (nSPS) is 15.6. The predicted molar refractivity (Wildman–Crippen MR) is 58.7 cm³/mol. The van der Waals surface area contributed by atoms with Crippen molar-refractivity contribution in [3.05, 3.63) is 0 Å². The zero-order valence-corrected chi connectivity index (χ0v) is 10.2. The topological polar surface area (TPSA) is 47.9 Å². The van der Waals surface area contributed by atoms with Crippen LogP contribution in [0, 0.1) is 5.92 Å². The summed E-state index contributed by atoms with van der Waals surface area (Å²) in [4.78, 5) is 0. The Balaban J connectivity index is 4.15. The van der Waals surface area contributed by atoms with Crippen LogP contribution in [-0.4, -0.2) is 44.9 Å². The number of hydrogen-bond acceptors (Lipinski definition) is 4. The van der Waals surface area contributed by atoms with Crippen LogP contribution in [0.4, 0.5) is 0 Å². The van der Waals surface area contributed by atoms with E-state index < -0.39 is 6.29 Å². The van der Waals surface area contributed by atoms with Crippen molar-refractivity contribution < 1.29 is 19.3 Å². The summed E-state index contributed by atoms with van der Waals surface area (Å²) in [6, 6.07) is 0. The second kappa shape index (κ2) is 9.09. The van der Waals surface area contributed by atoms with Gasteiger partial charge in [-0.05, 0) is 6.42 Å². The summed E-state index contributed by atoms with van der Waals surface area (Å²) in [5, 5.41) is 9.11. The standard InChI is InChI=1S/C11H24O4/c1-5-6-7-15-10(9(2)8-12)11(13-3)14-4/h9-12H,5-8H2,1-4H3/t9-,10+/m1/s1. The fraction of sp³-hybridized carbons (Fsp3) is 1.00. The van der Waals surface area contributed by atoms with Crippen LogP contribution in [0.25, 0.3) is 0 Å². The van der Waals surface area contributed by atoms with E-state index >= 15 is 0 Å². The number of unbranched alkanes of at least 4 members (excludes halogenated alkanes) is 1. The lowest BCUT2D eigenvalue weighted by atomic mass is 10.1. The summed E-state index contributed by atoms with van der Waals surface area (Å²) in [7, 11) is 3.16. The maximum atomic E-state index is 9.11. The van der Waals surface area contributed by atoms with Crippen molar-refractivity contribution in [2.24, 2.45) is 5.92 Å². The summed E-state index contributed by atoms with van der Waals surface area (Å²) in [6.07, 6.45) is 1.47. The van der Waals surface area contributed by atoms with E-state index in [2.05, 4.69) is 6.92 Å². The van der Waals surface area contributed by atoms with Gasteiger partial charge in [0.1, 0.15) is 6.10 Å². The van der Waals surface area contributed by atoms with E-state index in [0.717, 1.165) is 12.8 Å². The van der Waals surface area contributed by atoms with Gasteiger partial charge in [0.15, 0.2) is 6.29 Å².